The summed E-state index contributed by atoms with van der Waals surface area (Å²) in [5.41, 5.74) is 6.43. The number of primary amides is 1. The first-order valence-corrected chi connectivity index (χ1v) is 12.2. The summed E-state index contributed by atoms with van der Waals surface area (Å²) >= 11 is 0. The first-order valence-electron chi connectivity index (χ1n) is 12.2. The number of alkyl halides is 2. The van der Waals surface area contributed by atoms with Crippen LogP contribution in [0.4, 0.5) is 8.78 Å². The topological polar surface area (TPSA) is 126 Å². The Bertz CT molecular complexity index is 1480. The van der Waals surface area contributed by atoms with Gasteiger partial charge in [-0.1, -0.05) is 36.8 Å². The van der Waals surface area contributed by atoms with Gasteiger partial charge in [-0.3, -0.25) is 9.59 Å². The second-order valence-electron chi connectivity index (χ2n) is 9.13. The highest BCUT2D eigenvalue weighted by atomic mass is 19.3. The van der Waals surface area contributed by atoms with Crippen molar-refractivity contribution in [3.05, 3.63) is 105 Å². The van der Waals surface area contributed by atoms with Crippen molar-refractivity contribution < 1.29 is 28.5 Å². The van der Waals surface area contributed by atoms with E-state index in [-0.39, 0.29) is 22.4 Å². The van der Waals surface area contributed by atoms with Crippen molar-refractivity contribution in [2.24, 2.45) is 5.73 Å². The smallest absolute Gasteiger partial charge is 0.306 e. The number of amides is 1. The molecule has 0 saturated heterocycles. The molecule has 7 nitrogen and oxygen atoms in total. The van der Waals surface area contributed by atoms with E-state index in [1.54, 1.807) is 36.4 Å². The van der Waals surface area contributed by atoms with Crippen LogP contribution in [0.25, 0.3) is 10.9 Å². The zero-order valence-electron chi connectivity index (χ0n) is 20.5. The lowest BCUT2D eigenvalue weighted by Gasteiger charge is -2.18. The summed E-state index contributed by atoms with van der Waals surface area (Å²) in [4.78, 5) is 25.4. The van der Waals surface area contributed by atoms with Crippen molar-refractivity contribution in [1.29, 1.82) is 0 Å². The predicted molar refractivity (Wildman–Crippen MR) is 140 cm³/mol. The van der Waals surface area contributed by atoms with Gasteiger partial charge in [-0.25, -0.2) is 0 Å². The number of pyridine rings is 1. The van der Waals surface area contributed by atoms with E-state index >= 15 is 0 Å². The number of rotatable bonds is 11. The maximum Gasteiger partial charge on any atom is 0.306 e. The Morgan fingerprint density at radius 1 is 1.03 bits per heavy atom. The van der Waals surface area contributed by atoms with E-state index in [1.165, 1.54) is 30.3 Å². The molecule has 1 heterocycles. The van der Waals surface area contributed by atoms with Crippen molar-refractivity contribution in [2.75, 3.05) is 6.61 Å². The van der Waals surface area contributed by atoms with Crippen LogP contribution in [0.3, 0.4) is 0 Å². The van der Waals surface area contributed by atoms with Crippen LogP contribution >= 0.6 is 0 Å². The highest BCUT2D eigenvalue weighted by molar-refractivity contribution is 5.93. The van der Waals surface area contributed by atoms with Crippen molar-refractivity contribution in [3.8, 4) is 11.5 Å². The minimum Gasteiger partial charge on any atom is -0.506 e. The van der Waals surface area contributed by atoms with Gasteiger partial charge in [0.2, 0.25) is 11.5 Å². The molecule has 3 aromatic carbocycles. The molecule has 0 bridgehead atoms. The molecule has 0 aliphatic rings. The average molecular weight is 523 g/mol. The number of hydrogen-bond donors (Lipinski definition) is 4. The van der Waals surface area contributed by atoms with Gasteiger partial charge < -0.3 is 25.7 Å². The third kappa shape index (κ3) is 6.36. The average Bonchev–Trinajstić information content (AvgIpc) is 2.91. The molecule has 0 aliphatic heterocycles. The van der Waals surface area contributed by atoms with Gasteiger partial charge in [-0.15, -0.1) is 0 Å². The lowest BCUT2D eigenvalue weighted by molar-refractivity contribution is -0.0467. The van der Waals surface area contributed by atoms with Gasteiger partial charge in [0.05, 0.1) is 11.6 Å². The lowest BCUT2D eigenvalue weighted by atomic mass is 9.97. The van der Waals surface area contributed by atoms with Crippen LogP contribution in [0.5, 0.6) is 11.5 Å². The van der Waals surface area contributed by atoms with Crippen molar-refractivity contribution >= 4 is 16.8 Å². The monoisotopic (exact) mass is 522 g/mol. The Labute approximate surface area is 217 Å². The van der Waals surface area contributed by atoms with E-state index in [0.717, 1.165) is 30.9 Å². The molecule has 198 valence electrons. The van der Waals surface area contributed by atoms with Gasteiger partial charge in [0.25, 0.3) is 0 Å². The standard InChI is InChI=1S/C29H28F2N2O5/c30-29(31,20-6-3-5-19(16-20)28(32)37)17-38-21-10-8-18(9-11-21)4-1-2-7-24(34)22-12-14-25(35)27-23(22)13-15-26(36)33-27/h3,5-6,8-16,24,34-35H,1-2,4,7,17H2,(H2,32,37)(H,33,36). The molecule has 0 spiro atoms. The lowest BCUT2D eigenvalue weighted by Crippen LogP contribution is -2.24. The molecule has 0 fully saturated rings. The Kier molecular flexibility index (Phi) is 8.07. The largest absolute Gasteiger partial charge is 0.506 e. The second kappa shape index (κ2) is 11.4. The maximum atomic E-state index is 14.6. The number of phenolic OH excluding ortho intramolecular Hbond substituents is 1. The number of nitrogens with two attached hydrogens (primary N) is 1. The van der Waals surface area contributed by atoms with Crippen LogP contribution in [-0.4, -0.2) is 27.7 Å². The molecular formula is C29H28F2N2O5. The maximum absolute atomic E-state index is 14.6. The zero-order chi connectivity index (χ0) is 27.3. The number of halogens is 2. The summed E-state index contributed by atoms with van der Waals surface area (Å²) in [5.74, 6) is -3.84. The SMILES string of the molecule is NC(=O)c1cccc(C(F)(F)COc2ccc(CCCCC(O)c3ccc(O)c4[nH]c(=O)ccc34)cc2)c1. The van der Waals surface area contributed by atoms with Crippen LogP contribution in [0.2, 0.25) is 0 Å². The third-order valence-electron chi connectivity index (χ3n) is 6.37. The summed E-state index contributed by atoms with van der Waals surface area (Å²) < 4.78 is 34.4. The van der Waals surface area contributed by atoms with Gasteiger partial charge in [0.15, 0.2) is 6.61 Å². The molecule has 9 heteroatoms. The van der Waals surface area contributed by atoms with Crippen LogP contribution < -0.4 is 16.0 Å². The number of aryl methyl sites for hydroxylation is 1. The van der Waals surface area contributed by atoms with Gasteiger partial charge in [0.1, 0.15) is 11.5 Å². The number of unbranched alkanes of at least 4 members (excludes halogenated alkanes) is 1. The van der Waals surface area contributed by atoms with E-state index in [2.05, 4.69) is 4.98 Å². The number of aromatic amines is 1. The molecule has 4 aromatic rings. The van der Waals surface area contributed by atoms with Crippen LogP contribution in [0.1, 0.15) is 52.4 Å². The molecule has 0 radical (unpaired) electrons. The summed E-state index contributed by atoms with van der Waals surface area (Å²) in [6.07, 6.45) is 1.98. The summed E-state index contributed by atoms with van der Waals surface area (Å²) in [6.45, 7) is -0.883. The number of ether oxygens (including phenoxy) is 1. The minimum atomic E-state index is -3.30. The fourth-order valence-electron chi connectivity index (χ4n) is 4.28. The minimum absolute atomic E-state index is 0.00630. The number of carbonyl (C=O) groups is 1. The molecular weight excluding hydrogens is 494 g/mol. The molecule has 1 aromatic heterocycles. The first kappa shape index (κ1) is 26.8. The summed E-state index contributed by atoms with van der Waals surface area (Å²) in [6, 6.07) is 17.9. The van der Waals surface area contributed by atoms with Gasteiger partial charge in [0, 0.05) is 22.6 Å². The van der Waals surface area contributed by atoms with E-state index in [4.69, 9.17) is 10.5 Å². The number of hydrogen-bond acceptors (Lipinski definition) is 5. The summed E-state index contributed by atoms with van der Waals surface area (Å²) in [7, 11) is 0. The van der Waals surface area contributed by atoms with Gasteiger partial charge in [-0.2, -0.15) is 8.78 Å². The number of aliphatic hydroxyl groups excluding tert-OH is 1. The quantitative estimate of drug-likeness (QED) is 0.208. The number of fused-ring (bicyclic) bond motifs is 1. The Morgan fingerprint density at radius 2 is 1.79 bits per heavy atom. The molecule has 1 unspecified atom stereocenters. The fraction of sp³-hybridized carbons (Fsp3) is 0.241. The number of phenols is 1. The molecule has 5 N–H and O–H groups in total. The van der Waals surface area contributed by atoms with Gasteiger partial charge in [-0.05, 0) is 66.8 Å². The van der Waals surface area contributed by atoms with Crippen LogP contribution in [0.15, 0.2) is 77.6 Å². The summed E-state index contributed by atoms with van der Waals surface area (Å²) in [5, 5.41) is 21.3. The molecule has 0 aliphatic carbocycles. The van der Waals surface area contributed by atoms with Crippen molar-refractivity contribution in [1.82, 2.24) is 4.98 Å². The third-order valence-corrected chi connectivity index (χ3v) is 6.37. The van der Waals surface area contributed by atoms with Gasteiger partial charge >= 0.3 is 5.92 Å². The predicted octanol–water partition coefficient (Wildman–Crippen LogP) is 4.95. The Hall–Kier alpha value is -4.24. The van der Waals surface area contributed by atoms with Crippen molar-refractivity contribution in [3.63, 3.8) is 0 Å². The van der Waals surface area contributed by atoms with Crippen LogP contribution in [0, 0.1) is 0 Å². The fourth-order valence-corrected chi connectivity index (χ4v) is 4.28. The zero-order valence-corrected chi connectivity index (χ0v) is 20.5. The van der Waals surface area contributed by atoms with E-state index in [9.17, 15) is 28.6 Å². The van der Waals surface area contributed by atoms with E-state index in [0.29, 0.717) is 28.6 Å². The molecule has 1 amide bonds. The Balaban J connectivity index is 1.27. The molecule has 4 rings (SSSR count). The number of nitrogens with one attached hydrogen (secondary N) is 1. The first-order chi connectivity index (χ1) is 18.1. The number of aliphatic hydroxyl groups is 1. The highest BCUT2D eigenvalue weighted by Crippen LogP contribution is 2.32. The van der Waals surface area contributed by atoms with Crippen LogP contribution in [-0.2, 0) is 12.3 Å². The number of H-pyrrole nitrogens is 1. The number of aromatic nitrogens is 1. The second-order valence-corrected chi connectivity index (χ2v) is 9.13. The molecule has 38 heavy (non-hydrogen) atoms. The molecule has 0 saturated carbocycles. The highest BCUT2D eigenvalue weighted by Gasteiger charge is 2.33. The van der Waals surface area contributed by atoms with E-state index in [1.807, 2.05) is 0 Å². The number of aromatic hydroxyl groups is 1. The van der Waals surface area contributed by atoms with Crippen molar-refractivity contribution in [2.45, 2.75) is 37.7 Å². The Morgan fingerprint density at radius 3 is 2.53 bits per heavy atom. The van der Waals surface area contributed by atoms with E-state index < -0.39 is 24.5 Å². The number of benzene rings is 3. The normalized spacial score (nSPS) is 12.4. The number of carbonyl (C=O) groups excluding carboxylic acids is 1. The molecule has 1 atom stereocenters.